The molecule has 0 atom stereocenters. The SMILES string of the molecule is CCOC(=O)CN1C(=O)S/C(=C/c2ccc(OC)c(I)c2)C1=O. The van der Waals surface area contributed by atoms with Gasteiger partial charge in [-0.1, -0.05) is 6.07 Å². The van der Waals surface area contributed by atoms with Crippen LogP contribution in [-0.4, -0.2) is 42.3 Å². The van der Waals surface area contributed by atoms with E-state index in [0.717, 1.165) is 31.5 Å². The van der Waals surface area contributed by atoms with Crippen molar-refractivity contribution in [2.45, 2.75) is 6.92 Å². The Morgan fingerprint density at radius 1 is 1.39 bits per heavy atom. The Hall–Kier alpha value is -1.55. The second-order valence-electron chi connectivity index (χ2n) is 4.47. The van der Waals surface area contributed by atoms with Crippen LogP contribution >= 0.6 is 34.4 Å². The third kappa shape index (κ3) is 4.25. The van der Waals surface area contributed by atoms with Gasteiger partial charge in [-0.2, -0.15) is 0 Å². The molecule has 0 spiro atoms. The summed E-state index contributed by atoms with van der Waals surface area (Å²) in [5.41, 5.74) is 0.775. The number of amides is 2. The molecule has 23 heavy (non-hydrogen) atoms. The monoisotopic (exact) mass is 447 g/mol. The summed E-state index contributed by atoms with van der Waals surface area (Å²) in [5.74, 6) is -0.355. The highest BCUT2D eigenvalue weighted by atomic mass is 127. The van der Waals surface area contributed by atoms with Gasteiger partial charge in [-0.15, -0.1) is 0 Å². The Morgan fingerprint density at radius 3 is 2.74 bits per heavy atom. The lowest BCUT2D eigenvalue weighted by atomic mass is 10.2. The van der Waals surface area contributed by atoms with Crippen LogP contribution in [0.3, 0.4) is 0 Å². The molecule has 1 aliphatic heterocycles. The summed E-state index contributed by atoms with van der Waals surface area (Å²) < 4.78 is 10.8. The third-order valence-electron chi connectivity index (χ3n) is 2.94. The zero-order valence-electron chi connectivity index (χ0n) is 12.5. The van der Waals surface area contributed by atoms with Crippen molar-refractivity contribution in [3.63, 3.8) is 0 Å². The maximum atomic E-state index is 12.2. The Labute approximate surface area is 151 Å². The number of imide groups is 1. The molecule has 1 aromatic carbocycles. The molecule has 0 saturated carbocycles. The van der Waals surface area contributed by atoms with E-state index in [2.05, 4.69) is 22.6 Å². The summed E-state index contributed by atoms with van der Waals surface area (Å²) in [4.78, 5) is 36.8. The van der Waals surface area contributed by atoms with Gasteiger partial charge < -0.3 is 9.47 Å². The van der Waals surface area contributed by atoms with Gasteiger partial charge in [-0.25, -0.2) is 0 Å². The molecule has 1 aliphatic rings. The van der Waals surface area contributed by atoms with Crippen molar-refractivity contribution < 1.29 is 23.9 Å². The molecular formula is C15H14INO5S. The molecule has 1 saturated heterocycles. The molecule has 6 nitrogen and oxygen atoms in total. The van der Waals surface area contributed by atoms with Crippen LogP contribution in [-0.2, 0) is 14.3 Å². The molecule has 1 aromatic rings. The minimum absolute atomic E-state index is 0.204. The number of rotatable bonds is 5. The van der Waals surface area contributed by atoms with Gasteiger partial charge in [0.1, 0.15) is 12.3 Å². The number of hydrogen-bond donors (Lipinski definition) is 0. The first-order chi connectivity index (χ1) is 11.0. The van der Waals surface area contributed by atoms with E-state index in [1.165, 1.54) is 0 Å². The fraction of sp³-hybridized carbons (Fsp3) is 0.267. The average Bonchev–Trinajstić information content (AvgIpc) is 2.75. The summed E-state index contributed by atoms with van der Waals surface area (Å²) in [6.07, 6.45) is 1.62. The van der Waals surface area contributed by atoms with Crippen LogP contribution in [0, 0.1) is 3.57 Å². The number of benzene rings is 1. The molecule has 0 radical (unpaired) electrons. The van der Waals surface area contributed by atoms with Gasteiger partial charge in [0, 0.05) is 0 Å². The van der Waals surface area contributed by atoms with E-state index in [9.17, 15) is 14.4 Å². The largest absolute Gasteiger partial charge is 0.496 e. The predicted molar refractivity (Wildman–Crippen MR) is 95.0 cm³/mol. The second kappa shape index (κ2) is 7.82. The van der Waals surface area contributed by atoms with E-state index in [0.29, 0.717) is 0 Å². The molecular weight excluding hydrogens is 433 g/mol. The highest BCUT2D eigenvalue weighted by molar-refractivity contribution is 14.1. The van der Waals surface area contributed by atoms with Gasteiger partial charge in [0.15, 0.2) is 0 Å². The van der Waals surface area contributed by atoms with Crippen molar-refractivity contribution in [3.05, 3.63) is 32.2 Å². The van der Waals surface area contributed by atoms with Crippen LogP contribution in [0.25, 0.3) is 6.08 Å². The second-order valence-corrected chi connectivity index (χ2v) is 6.62. The Kier molecular flexibility index (Phi) is 6.05. The molecule has 1 heterocycles. The van der Waals surface area contributed by atoms with Crippen molar-refractivity contribution in [1.82, 2.24) is 4.90 Å². The average molecular weight is 447 g/mol. The highest BCUT2D eigenvalue weighted by Gasteiger charge is 2.36. The van der Waals surface area contributed by atoms with Crippen molar-refractivity contribution in [1.29, 1.82) is 0 Å². The first-order valence-corrected chi connectivity index (χ1v) is 8.60. The van der Waals surface area contributed by atoms with Crippen molar-refractivity contribution in [2.24, 2.45) is 0 Å². The normalized spacial score (nSPS) is 16.1. The summed E-state index contributed by atoms with van der Waals surface area (Å²) in [7, 11) is 1.58. The molecule has 8 heteroatoms. The Balaban J connectivity index is 2.18. The van der Waals surface area contributed by atoms with Gasteiger partial charge in [0.25, 0.3) is 11.1 Å². The highest BCUT2D eigenvalue weighted by Crippen LogP contribution is 2.33. The fourth-order valence-corrected chi connectivity index (χ4v) is 3.49. The van der Waals surface area contributed by atoms with Crippen molar-refractivity contribution in [3.8, 4) is 5.75 Å². The summed E-state index contributed by atoms with van der Waals surface area (Å²) in [5, 5.41) is -0.475. The molecule has 0 aromatic heterocycles. The number of carbonyl (C=O) groups excluding carboxylic acids is 3. The van der Waals surface area contributed by atoms with Crippen LogP contribution in [0.1, 0.15) is 12.5 Å². The lowest BCUT2D eigenvalue weighted by Crippen LogP contribution is -2.34. The smallest absolute Gasteiger partial charge is 0.326 e. The molecule has 0 N–H and O–H groups in total. The predicted octanol–water partition coefficient (Wildman–Crippen LogP) is 2.90. The molecule has 122 valence electrons. The third-order valence-corrected chi connectivity index (χ3v) is 4.69. The lowest BCUT2D eigenvalue weighted by molar-refractivity contribution is -0.145. The number of thioether (sulfide) groups is 1. The molecule has 0 aliphatic carbocycles. The number of nitrogens with zero attached hydrogens (tertiary/aromatic N) is 1. The molecule has 0 bridgehead atoms. The zero-order chi connectivity index (χ0) is 17.0. The summed E-state index contributed by atoms with van der Waals surface area (Å²) >= 11 is 2.94. The number of halogens is 1. The maximum absolute atomic E-state index is 12.2. The van der Waals surface area contributed by atoms with Crippen LogP contribution in [0.4, 0.5) is 4.79 Å². The summed E-state index contributed by atoms with van der Waals surface area (Å²) in [6, 6.07) is 5.43. The van der Waals surface area contributed by atoms with Gasteiger partial charge >= 0.3 is 5.97 Å². The zero-order valence-corrected chi connectivity index (χ0v) is 15.5. The minimum Gasteiger partial charge on any atom is -0.496 e. The number of methoxy groups -OCH3 is 1. The Bertz CT molecular complexity index is 688. The quantitative estimate of drug-likeness (QED) is 0.393. The van der Waals surface area contributed by atoms with Crippen molar-refractivity contribution >= 4 is 57.5 Å². The summed E-state index contributed by atoms with van der Waals surface area (Å²) in [6.45, 7) is 1.50. The van der Waals surface area contributed by atoms with Gasteiger partial charge in [0.2, 0.25) is 0 Å². The maximum Gasteiger partial charge on any atom is 0.326 e. The van der Waals surface area contributed by atoms with Crippen molar-refractivity contribution in [2.75, 3.05) is 20.3 Å². The minimum atomic E-state index is -0.602. The van der Waals surface area contributed by atoms with Crippen LogP contribution < -0.4 is 4.74 Å². The molecule has 2 amide bonds. The topological polar surface area (TPSA) is 72.9 Å². The van der Waals surface area contributed by atoms with Crippen LogP contribution in [0.5, 0.6) is 5.75 Å². The van der Waals surface area contributed by atoms with Gasteiger partial charge in [0.05, 0.1) is 22.2 Å². The molecule has 2 rings (SSSR count). The number of esters is 1. The van der Waals surface area contributed by atoms with E-state index >= 15 is 0 Å². The van der Waals surface area contributed by atoms with Gasteiger partial charge in [-0.05, 0) is 65.0 Å². The van der Waals surface area contributed by atoms with Gasteiger partial charge in [-0.3, -0.25) is 19.3 Å². The number of hydrogen-bond acceptors (Lipinski definition) is 6. The number of carbonyl (C=O) groups is 3. The first kappa shape index (κ1) is 17.8. The standard InChI is InChI=1S/C15H14INO5S/c1-3-22-13(18)8-17-14(19)12(23-15(17)20)7-9-4-5-11(21-2)10(16)6-9/h4-7H,3,8H2,1-2H3/b12-7+. The van der Waals surface area contributed by atoms with E-state index < -0.39 is 17.1 Å². The fourth-order valence-electron chi connectivity index (χ4n) is 1.90. The van der Waals surface area contributed by atoms with Crippen LogP contribution in [0.15, 0.2) is 23.1 Å². The number of ether oxygens (including phenoxy) is 2. The van der Waals surface area contributed by atoms with E-state index in [4.69, 9.17) is 9.47 Å². The van der Waals surface area contributed by atoms with E-state index in [1.54, 1.807) is 32.2 Å². The van der Waals surface area contributed by atoms with E-state index in [1.807, 2.05) is 6.07 Å². The first-order valence-electron chi connectivity index (χ1n) is 6.70. The molecule has 1 fully saturated rings. The van der Waals surface area contributed by atoms with E-state index in [-0.39, 0.29) is 18.1 Å². The Morgan fingerprint density at radius 2 is 2.13 bits per heavy atom. The van der Waals surface area contributed by atoms with Crippen LogP contribution in [0.2, 0.25) is 0 Å². The lowest BCUT2D eigenvalue weighted by Gasteiger charge is -2.10. The molecule has 0 unspecified atom stereocenters.